The number of halogens is 1. The van der Waals surface area contributed by atoms with Gasteiger partial charge in [0.05, 0.1) is 23.4 Å². The lowest BCUT2D eigenvalue weighted by Crippen LogP contribution is -2.61. The molecule has 0 radical (unpaired) electrons. The molecule has 0 unspecified atom stereocenters. The van der Waals surface area contributed by atoms with Crippen molar-refractivity contribution in [1.29, 1.82) is 0 Å². The van der Waals surface area contributed by atoms with Gasteiger partial charge in [-0.05, 0) is 41.1 Å². The average Bonchev–Trinajstić information content (AvgIpc) is 2.58. The molecule has 0 bridgehead atoms. The third kappa shape index (κ3) is 2.12. The van der Waals surface area contributed by atoms with Crippen LogP contribution < -0.4 is 4.74 Å². The molecule has 0 spiro atoms. The third-order valence-corrected chi connectivity index (χ3v) is 5.19. The molecule has 1 aromatic rings. The molecule has 8 heteroatoms. The van der Waals surface area contributed by atoms with Gasteiger partial charge in [-0.1, -0.05) is 0 Å². The Hall–Kier alpha value is -1.81. The zero-order valence-corrected chi connectivity index (χ0v) is 15.1. The highest BCUT2D eigenvalue weighted by atomic mass is 127. The summed E-state index contributed by atoms with van der Waals surface area (Å²) in [7, 11) is 2.52. The second-order valence-electron chi connectivity index (χ2n) is 5.48. The minimum absolute atomic E-state index is 0.0171. The van der Waals surface area contributed by atoms with Gasteiger partial charge in [-0.25, -0.2) is 4.79 Å². The van der Waals surface area contributed by atoms with Crippen LogP contribution in [0.15, 0.2) is 23.5 Å². The number of benzene rings is 1. The number of carbonyl (C=O) groups is 2. The number of esters is 1. The topological polar surface area (TPSA) is 102 Å². The van der Waals surface area contributed by atoms with Crippen molar-refractivity contribution in [1.82, 2.24) is 0 Å². The highest BCUT2D eigenvalue weighted by Gasteiger charge is 2.61. The molecule has 0 saturated carbocycles. The first-order chi connectivity index (χ1) is 11.4. The Morgan fingerprint density at radius 1 is 1.42 bits per heavy atom. The number of methoxy groups -OCH3 is 2. The van der Waals surface area contributed by atoms with E-state index in [1.54, 1.807) is 6.07 Å². The number of aliphatic hydroxyl groups excluding tert-OH is 1. The summed E-state index contributed by atoms with van der Waals surface area (Å²) in [6.07, 6.45) is -0.848. The van der Waals surface area contributed by atoms with Gasteiger partial charge in [0.2, 0.25) is 5.78 Å². The third-order valence-electron chi connectivity index (χ3n) is 4.31. The quantitative estimate of drug-likeness (QED) is 0.525. The maximum absolute atomic E-state index is 13.1. The van der Waals surface area contributed by atoms with Gasteiger partial charge >= 0.3 is 5.97 Å². The number of phenols is 1. The highest BCUT2D eigenvalue weighted by Crippen LogP contribution is 2.48. The average molecular weight is 446 g/mol. The lowest BCUT2D eigenvalue weighted by atomic mass is 9.74. The van der Waals surface area contributed by atoms with Crippen LogP contribution in [0.1, 0.15) is 23.2 Å². The number of hydrogen-bond acceptors (Lipinski definition) is 7. The summed E-state index contributed by atoms with van der Waals surface area (Å²) in [6.45, 7) is 0. The fourth-order valence-electron chi connectivity index (χ4n) is 3.17. The Bertz CT molecular complexity index is 770. The van der Waals surface area contributed by atoms with E-state index in [-0.39, 0.29) is 41.2 Å². The van der Waals surface area contributed by atoms with E-state index in [1.807, 2.05) is 22.6 Å². The molecule has 0 amide bonds. The van der Waals surface area contributed by atoms with Crippen molar-refractivity contribution in [3.8, 4) is 11.5 Å². The lowest BCUT2D eigenvalue weighted by Gasteiger charge is -2.43. The second kappa shape index (κ2) is 5.92. The van der Waals surface area contributed by atoms with Crippen LogP contribution >= 0.6 is 22.6 Å². The van der Waals surface area contributed by atoms with Crippen LogP contribution in [-0.2, 0) is 14.3 Å². The van der Waals surface area contributed by atoms with Crippen LogP contribution in [0.2, 0.25) is 0 Å². The summed E-state index contributed by atoms with van der Waals surface area (Å²) in [5.41, 5.74) is -2.18. The van der Waals surface area contributed by atoms with Crippen LogP contribution in [0.3, 0.4) is 0 Å². The van der Waals surface area contributed by atoms with Crippen molar-refractivity contribution < 1.29 is 34.0 Å². The molecule has 2 N–H and O–H groups in total. The highest BCUT2D eigenvalue weighted by molar-refractivity contribution is 14.1. The molecule has 3 rings (SSSR count). The summed E-state index contributed by atoms with van der Waals surface area (Å²) in [6, 6.07) is 3.03. The predicted octanol–water partition coefficient (Wildman–Crippen LogP) is 1.54. The molecule has 0 saturated heterocycles. The lowest BCUT2D eigenvalue weighted by molar-refractivity contribution is -0.167. The molecule has 2 atom stereocenters. The van der Waals surface area contributed by atoms with Crippen molar-refractivity contribution in [2.75, 3.05) is 14.2 Å². The second-order valence-corrected chi connectivity index (χ2v) is 6.65. The molecular formula is C16H15IO7. The van der Waals surface area contributed by atoms with Gasteiger partial charge < -0.3 is 24.4 Å². The molecular weight excluding hydrogens is 431 g/mol. The SMILES string of the molecule is COC(=O)[C@]12Oc3ccc(I)c(O)c3C(=O)C1=C(OC)CC[C@@H]2O. The summed E-state index contributed by atoms with van der Waals surface area (Å²) in [5.74, 6) is -1.49. The molecule has 1 aromatic carbocycles. The van der Waals surface area contributed by atoms with Gasteiger partial charge in [0.25, 0.3) is 5.60 Å². The first kappa shape index (κ1) is 17.0. The molecule has 1 aliphatic carbocycles. The fourth-order valence-corrected chi connectivity index (χ4v) is 3.62. The first-order valence-electron chi connectivity index (χ1n) is 7.17. The predicted molar refractivity (Wildman–Crippen MR) is 89.8 cm³/mol. The van der Waals surface area contributed by atoms with Gasteiger partial charge in [0.1, 0.15) is 28.9 Å². The van der Waals surface area contributed by atoms with E-state index >= 15 is 0 Å². The van der Waals surface area contributed by atoms with E-state index < -0.39 is 23.5 Å². The molecule has 1 heterocycles. The minimum atomic E-state index is -2.00. The number of Topliss-reactive ketones (excluding diaryl/α,β-unsaturated/α-hetero) is 1. The zero-order chi connectivity index (χ0) is 17.6. The number of fused-ring (bicyclic) bond motifs is 2. The minimum Gasteiger partial charge on any atom is -0.506 e. The van der Waals surface area contributed by atoms with Crippen LogP contribution in [0, 0.1) is 3.57 Å². The Kier molecular flexibility index (Phi) is 4.20. The largest absolute Gasteiger partial charge is 0.506 e. The summed E-state index contributed by atoms with van der Waals surface area (Å²) < 4.78 is 16.3. The number of carbonyl (C=O) groups excluding carboxylic acids is 2. The van der Waals surface area contributed by atoms with Crippen molar-refractivity contribution >= 4 is 34.3 Å². The number of aromatic hydroxyl groups is 1. The van der Waals surface area contributed by atoms with Crippen molar-refractivity contribution in [2.24, 2.45) is 0 Å². The van der Waals surface area contributed by atoms with Crippen LogP contribution in [-0.4, -0.2) is 47.9 Å². The molecule has 2 aliphatic rings. The Balaban J connectivity index is 2.35. The van der Waals surface area contributed by atoms with Crippen molar-refractivity contribution in [3.05, 3.63) is 32.6 Å². The molecule has 7 nitrogen and oxygen atoms in total. The van der Waals surface area contributed by atoms with Gasteiger partial charge in [-0.3, -0.25) is 4.79 Å². The fraction of sp³-hybridized carbons (Fsp3) is 0.375. The van der Waals surface area contributed by atoms with E-state index in [9.17, 15) is 19.8 Å². The zero-order valence-electron chi connectivity index (χ0n) is 13.0. The molecule has 0 aromatic heterocycles. The Labute approximate surface area is 151 Å². The van der Waals surface area contributed by atoms with Crippen molar-refractivity contribution in [3.63, 3.8) is 0 Å². The van der Waals surface area contributed by atoms with E-state index in [2.05, 4.69) is 0 Å². The van der Waals surface area contributed by atoms with Gasteiger partial charge in [-0.2, -0.15) is 0 Å². The number of phenolic OH excluding ortho intramolecular Hbond substituents is 1. The maximum Gasteiger partial charge on any atom is 0.358 e. The van der Waals surface area contributed by atoms with Gasteiger partial charge in [0.15, 0.2) is 0 Å². The monoisotopic (exact) mass is 446 g/mol. The summed E-state index contributed by atoms with van der Waals surface area (Å²) in [4.78, 5) is 25.6. The summed E-state index contributed by atoms with van der Waals surface area (Å²) >= 11 is 1.88. The van der Waals surface area contributed by atoms with Crippen LogP contribution in [0.4, 0.5) is 0 Å². The van der Waals surface area contributed by atoms with Crippen molar-refractivity contribution in [2.45, 2.75) is 24.5 Å². The number of aliphatic hydroxyl groups is 1. The molecule has 24 heavy (non-hydrogen) atoms. The Morgan fingerprint density at radius 2 is 2.12 bits per heavy atom. The van der Waals surface area contributed by atoms with E-state index in [0.717, 1.165) is 7.11 Å². The van der Waals surface area contributed by atoms with E-state index in [0.29, 0.717) is 3.57 Å². The molecule has 128 valence electrons. The number of allylic oxidation sites excluding steroid dienone is 1. The van der Waals surface area contributed by atoms with E-state index in [1.165, 1.54) is 13.2 Å². The van der Waals surface area contributed by atoms with Crippen LogP contribution in [0.25, 0.3) is 0 Å². The number of hydrogen-bond donors (Lipinski definition) is 2. The van der Waals surface area contributed by atoms with Crippen LogP contribution in [0.5, 0.6) is 11.5 Å². The molecule has 0 fully saturated rings. The standard InChI is InChI=1S/C16H15IO7/c1-22-9-5-6-10(18)16(15(21)23-2)12(9)14(20)11-8(24-16)4-3-7(17)13(11)19/h3-4,10,18-19H,5-6H2,1-2H3/t10-,16+/m0/s1. The molecule has 1 aliphatic heterocycles. The smallest absolute Gasteiger partial charge is 0.358 e. The maximum atomic E-state index is 13.1. The van der Waals surface area contributed by atoms with Gasteiger partial charge in [-0.15, -0.1) is 0 Å². The van der Waals surface area contributed by atoms with Gasteiger partial charge in [0, 0.05) is 6.42 Å². The number of rotatable bonds is 2. The van der Waals surface area contributed by atoms with E-state index in [4.69, 9.17) is 14.2 Å². The number of ketones is 1. The Morgan fingerprint density at radius 3 is 2.75 bits per heavy atom. The first-order valence-corrected chi connectivity index (χ1v) is 8.25. The normalized spacial score (nSPS) is 25.5. The summed E-state index contributed by atoms with van der Waals surface area (Å²) in [5, 5.41) is 20.8. The number of ether oxygens (including phenoxy) is 3.